The molecule has 0 fully saturated rings. The van der Waals surface area contributed by atoms with Crippen molar-refractivity contribution in [3.05, 3.63) is 41.4 Å². The quantitative estimate of drug-likeness (QED) is 0.892. The molecule has 0 bridgehead atoms. The van der Waals surface area contributed by atoms with Gasteiger partial charge in [-0.15, -0.1) is 0 Å². The topological polar surface area (TPSA) is 30.5 Å². The van der Waals surface area contributed by atoms with Gasteiger partial charge in [-0.05, 0) is 43.2 Å². The third-order valence-electron chi connectivity index (χ3n) is 3.13. The Balaban J connectivity index is 2.29. The van der Waals surface area contributed by atoms with Crippen LogP contribution in [-0.4, -0.2) is 20.8 Å². The van der Waals surface area contributed by atoms with Crippen molar-refractivity contribution < 1.29 is 13.9 Å². The van der Waals surface area contributed by atoms with E-state index in [9.17, 15) is 4.39 Å². The van der Waals surface area contributed by atoms with Crippen molar-refractivity contribution in [3.63, 3.8) is 0 Å². The molecule has 0 radical (unpaired) electrons. The van der Waals surface area contributed by atoms with Gasteiger partial charge in [0.1, 0.15) is 0 Å². The van der Waals surface area contributed by atoms with Gasteiger partial charge < -0.3 is 14.8 Å². The van der Waals surface area contributed by atoms with Crippen LogP contribution in [0.3, 0.4) is 0 Å². The van der Waals surface area contributed by atoms with Crippen LogP contribution in [0.2, 0.25) is 0 Å². The third kappa shape index (κ3) is 2.64. The number of halogens is 1. The standard InChI is InChI=1S/C14H18FNO2/c1-16-14(11-4-3-7-18-9-11)10-5-6-12(15)13(8-10)17-2/h5-6,8-9,14,16H,3-4,7H2,1-2H3. The fourth-order valence-corrected chi connectivity index (χ4v) is 2.22. The lowest BCUT2D eigenvalue weighted by atomic mass is 9.95. The molecule has 1 heterocycles. The van der Waals surface area contributed by atoms with Crippen LogP contribution in [0.25, 0.3) is 0 Å². The van der Waals surface area contributed by atoms with Crippen LogP contribution < -0.4 is 10.1 Å². The van der Waals surface area contributed by atoms with Crippen LogP contribution in [0.15, 0.2) is 30.0 Å². The summed E-state index contributed by atoms with van der Waals surface area (Å²) in [6.07, 6.45) is 3.81. The molecule has 18 heavy (non-hydrogen) atoms. The molecule has 3 nitrogen and oxygen atoms in total. The molecule has 0 spiro atoms. The maximum absolute atomic E-state index is 13.4. The number of likely N-dealkylation sites (N-methyl/N-ethyl adjacent to an activating group) is 1. The van der Waals surface area contributed by atoms with Gasteiger partial charge in [0.15, 0.2) is 11.6 Å². The van der Waals surface area contributed by atoms with Gasteiger partial charge in [-0.2, -0.15) is 0 Å². The molecule has 2 rings (SSSR count). The first-order chi connectivity index (χ1) is 8.76. The molecular weight excluding hydrogens is 233 g/mol. The Hall–Kier alpha value is -1.55. The molecule has 0 aliphatic carbocycles. The molecule has 1 aliphatic rings. The highest BCUT2D eigenvalue weighted by Crippen LogP contribution is 2.30. The Morgan fingerprint density at radius 3 is 2.89 bits per heavy atom. The lowest BCUT2D eigenvalue weighted by Gasteiger charge is -2.23. The Bertz CT molecular complexity index is 445. The predicted molar refractivity (Wildman–Crippen MR) is 68.0 cm³/mol. The number of methoxy groups -OCH3 is 1. The fraction of sp³-hybridized carbons (Fsp3) is 0.429. The Kier molecular flexibility index (Phi) is 4.20. The zero-order valence-electron chi connectivity index (χ0n) is 10.7. The maximum atomic E-state index is 13.4. The van der Waals surface area contributed by atoms with Crippen LogP contribution in [0.1, 0.15) is 24.4 Å². The van der Waals surface area contributed by atoms with E-state index in [1.54, 1.807) is 18.4 Å². The third-order valence-corrected chi connectivity index (χ3v) is 3.13. The second kappa shape index (κ2) is 5.87. The van der Waals surface area contributed by atoms with Crippen molar-refractivity contribution in [2.24, 2.45) is 0 Å². The van der Waals surface area contributed by atoms with Crippen molar-refractivity contribution in [3.8, 4) is 5.75 Å². The Morgan fingerprint density at radius 1 is 1.44 bits per heavy atom. The smallest absolute Gasteiger partial charge is 0.165 e. The highest BCUT2D eigenvalue weighted by Gasteiger charge is 2.18. The Labute approximate surface area is 107 Å². The van der Waals surface area contributed by atoms with Gasteiger partial charge in [-0.25, -0.2) is 4.39 Å². The predicted octanol–water partition coefficient (Wildman–Crippen LogP) is 2.79. The molecule has 1 N–H and O–H groups in total. The summed E-state index contributed by atoms with van der Waals surface area (Å²) >= 11 is 0. The van der Waals surface area contributed by atoms with E-state index in [0.717, 1.165) is 25.0 Å². The van der Waals surface area contributed by atoms with Crippen molar-refractivity contribution in [1.82, 2.24) is 5.32 Å². The summed E-state index contributed by atoms with van der Waals surface area (Å²) in [5.41, 5.74) is 2.16. The first kappa shape index (κ1) is 12.9. The molecule has 0 saturated heterocycles. The van der Waals surface area contributed by atoms with E-state index in [-0.39, 0.29) is 17.6 Å². The minimum atomic E-state index is -0.343. The number of benzene rings is 1. The Morgan fingerprint density at radius 2 is 2.28 bits per heavy atom. The maximum Gasteiger partial charge on any atom is 0.165 e. The molecule has 1 aromatic carbocycles. The highest BCUT2D eigenvalue weighted by atomic mass is 19.1. The second-order valence-electron chi connectivity index (χ2n) is 4.28. The van der Waals surface area contributed by atoms with Gasteiger partial charge in [0, 0.05) is 0 Å². The molecule has 4 heteroatoms. The summed E-state index contributed by atoms with van der Waals surface area (Å²) in [4.78, 5) is 0. The average molecular weight is 251 g/mol. The number of hydrogen-bond donors (Lipinski definition) is 1. The molecule has 1 aliphatic heterocycles. The monoisotopic (exact) mass is 251 g/mol. The second-order valence-corrected chi connectivity index (χ2v) is 4.28. The van der Waals surface area contributed by atoms with Crippen LogP contribution in [0.4, 0.5) is 4.39 Å². The highest BCUT2D eigenvalue weighted by molar-refractivity contribution is 5.36. The van der Waals surface area contributed by atoms with E-state index < -0.39 is 0 Å². The van der Waals surface area contributed by atoms with Crippen LogP contribution >= 0.6 is 0 Å². The zero-order chi connectivity index (χ0) is 13.0. The van der Waals surface area contributed by atoms with Crippen LogP contribution in [0, 0.1) is 5.82 Å². The van der Waals surface area contributed by atoms with Gasteiger partial charge in [-0.3, -0.25) is 0 Å². The normalized spacial score (nSPS) is 16.7. The lowest BCUT2D eigenvalue weighted by molar-refractivity contribution is 0.220. The lowest BCUT2D eigenvalue weighted by Crippen LogP contribution is -2.21. The van der Waals surface area contributed by atoms with E-state index in [0.29, 0.717) is 0 Å². The van der Waals surface area contributed by atoms with Crippen LogP contribution in [-0.2, 0) is 4.74 Å². The number of rotatable bonds is 4. The van der Waals surface area contributed by atoms with E-state index in [1.165, 1.54) is 18.7 Å². The molecule has 1 unspecified atom stereocenters. The SMILES string of the molecule is CNC(C1=COCCC1)c1ccc(F)c(OC)c1. The van der Waals surface area contributed by atoms with Gasteiger partial charge >= 0.3 is 0 Å². The molecule has 98 valence electrons. The van der Waals surface area contributed by atoms with Crippen molar-refractivity contribution in [2.45, 2.75) is 18.9 Å². The van der Waals surface area contributed by atoms with Gasteiger partial charge in [0.2, 0.25) is 0 Å². The molecule has 0 aromatic heterocycles. The van der Waals surface area contributed by atoms with Crippen molar-refractivity contribution >= 4 is 0 Å². The summed E-state index contributed by atoms with van der Waals surface area (Å²) in [6.45, 7) is 0.771. The zero-order valence-corrected chi connectivity index (χ0v) is 10.7. The van der Waals surface area contributed by atoms with Gasteiger partial charge in [-0.1, -0.05) is 6.07 Å². The van der Waals surface area contributed by atoms with Gasteiger partial charge in [0.05, 0.1) is 26.0 Å². The van der Waals surface area contributed by atoms with Gasteiger partial charge in [0.25, 0.3) is 0 Å². The van der Waals surface area contributed by atoms with Crippen molar-refractivity contribution in [2.75, 3.05) is 20.8 Å². The fourth-order valence-electron chi connectivity index (χ4n) is 2.22. The number of nitrogens with one attached hydrogen (secondary N) is 1. The molecule has 1 atom stereocenters. The van der Waals surface area contributed by atoms with Crippen LogP contribution in [0.5, 0.6) is 5.75 Å². The minimum Gasteiger partial charge on any atom is -0.501 e. The summed E-state index contributed by atoms with van der Waals surface area (Å²) in [5, 5.41) is 3.23. The first-order valence-electron chi connectivity index (χ1n) is 6.07. The summed E-state index contributed by atoms with van der Waals surface area (Å²) in [7, 11) is 3.36. The van der Waals surface area contributed by atoms with E-state index >= 15 is 0 Å². The van der Waals surface area contributed by atoms with E-state index in [1.807, 2.05) is 7.05 Å². The molecular formula is C14H18FNO2. The first-order valence-corrected chi connectivity index (χ1v) is 6.07. The van der Waals surface area contributed by atoms with E-state index in [4.69, 9.17) is 9.47 Å². The van der Waals surface area contributed by atoms with Crippen molar-refractivity contribution in [1.29, 1.82) is 0 Å². The summed E-state index contributed by atoms with van der Waals surface area (Å²) in [5.74, 6) is -0.0740. The summed E-state index contributed by atoms with van der Waals surface area (Å²) in [6, 6.07) is 4.98. The largest absolute Gasteiger partial charge is 0.501 e. The molecule has 0 saturated carbocycles. The number of ether oxygens (including phenoxy) is 2. The minimum absolute atomic E-state index is 0.0415. The summed E-state index contributed by atoms with van der Waals surface area (Å²) < 4.78 is 23.8. The molecule has 0 amide bonds. The van der Waals surface area contributed by atoms with E-state index in [2.05, 4.69) is 5.32 Å². The number of hydrogen-bond acceptors (Lipinski definition) is 3. The average Bonchev–Trinajstić information content (AvgIpc) is 2.42. The molecule has 1 aromatic rings.